The maximum atomic E-state index is 10.4. The van der Waals surface area contributed by atoms with E-state index < -0.39 is 10.3 Å². The summed E-state index contributed by atoms with van der Waals surface area (Å²) in [6.45, 7) is 3.66. The van der Waals surface area contributed by atoms with Crippen molar-refractivity contribution in [3.63, 3.8) is 0 Å². The summed E-state index contributed by atoms with van der Waals surface area (Å²) in [7, 11) is -4.41. The average Bonchev–Trinajstić information content (AvgIpc) is 1.78. The van der Waals surface area contributed by atoms with Crippen LogP contribution in [-0.4, -0.2) is 13.0 Å². The Morgan fingerprint density at radius 1 is 1.14 bits per heavy atom. The average molecular weight is 223 g/mol. The van der Waals surface area contributed by atoms with E-state index in [1.165, 1.54) is 0 Å². The van der Waals surface area contributed by atoms with E-state index >= 15 is 0 Å². The Morgan fingerprint density at radius 3 is 1.93 bits per heavy atom. The van der Waals surface area contributed by atoms with Gasteiger partial charge >= 0.3 is 29.6 Å². The van der Waals surface area contributed by atoms with E-state index in [4.69, 9.17) is 0 Å². The molecule has 1 aromatic carbocycles. The van der Waals surface area contributed by atoms with Crippen molar-refractivity contribution in [2.24, 2.45) is 0 Å². The summed E-state index contributed by atoms with van der Waals surface area (Å²) in [6.07, 6.45) is 0. The maximum Gasteiger partial charge on any atom is 1.00 e. The van der Waals surface area contributed by atoms with Gasteiger partial charge in [0.1, 0.15) is 0 Å². The van der Waals surface area contributed by atoms with Crippen LogP contribution in [0.4, 0.5) is 5.69 Å². The van der Waals surface area contributed by atoms with E-state index in [9.17, 15) is 13.0 Å². The summed E-state index contributed by atoms with van der Waals surface area (Å²) in [5, 5.41) is 0. The van der Waals surface area contributed by atoms with Crippen LogP contribution in [0.25, 0.3) is 0 Å². The van der Waals surface area contributed by atoms with Crippen LogP contribution in [0.1, 0.15) is 11.1 Å². The molecule has 0 radical (unpaired) electrons. The second-order valence-electron chi connectivity index (χ2n) is 2.93. The normalized spacial score (nSPS) is 10.5. The molecule has 0 unspecified atom stereocenters. The largest absolute Gasteiger partial charge is 1.00 e. The predicted molar refractivity (Wildman–Crippen MR) is 49.2 cm³/mol. The quantitative estimate of drug-likeness (QED) is 0.474. The van der Waals surface area contributed by atoms with Crippen LogP contribution in [-0.2, 0) is 10.3 Å². The molecule has 0 aliphatic carbocycles. The van der Waals surface area contributed by atoms with Crippen LogP contribution < -0.4 is 34.3 Å². The molecular formula is C8H10NNaO3S. The Kier molecular flexibility index (Phi) is 5.11. The molecule has 0 spiro atoms. The Morgan fingerprint density at radius 2 is 1.57 bits per heavy atom. The number of hydrogen-bond acceptors (Lipinski definition) is 3. The summed E-state index contributed by atoms with van der Waals surface area (Å²) in [4.78, 5) is 0. The molecule has 1 aromatic rings. The number of anilines is 1. The molecule has 0 aliphatic heterocycles. The van der Waals surface area contributed by atoms with Gasteiger partial charge < -0.3 is 4.55 Å². The third kappa shape index (κ3) is 4.97. The Hall–Kier alpha value is -0.0700. The zero-order valence-corrected chi connectivity index (χ0v) is 11.2. The summed E-state index contributed by atoms with van der Waals surface area (Å²) < 4.78 is 32.9. The second kappa shape index (κ2) is 5.14. The third-order valence-corrected chi connectivity index (χ3v) is 1.95. The predicted octanol–water partition coefficient (Wildman–Crippen LogP) is -1.82. The van der Waals surface area contributed by atoms with Crippen LogP contribution in [0.15, 0.2) is 18.2 Å². The molecule has 0 atom stereocenters. The third-order valence-electron chi connectivity index (χ3n) is 1.46. The van der Waals surface area contributed by atoms with Crippen molar-refractivity contribution in [2.45, 2.75) is 13.8 Å². The van der Waals surface area contributed by atoms with Crippen molar-refractivity contribution < 1.29 is 42.5 Å². The first-order valence-corrected chi connectivity index (χ1v) is 5.09. The molecule has 0 aromatic heterocycles. The van der Waals surface area contributed by atoms with E-state index in [1.54, 1.807) is 12.1 Å². The first kappa shape index (κ1) is 13.9. The van der Waals surface area contributed by atoms with Gasteiger partial charge in [0.05, 0.1) is 0 Å². The molecule has 0 heterocycles. The van der Waals surface area contributed by atoms with E-state index in [2.05, 4.69) is 0 Å². The van der Waals surface area contributed by atoms with Gasteiger partial charge in [0.25, 0.3) is 0 Å². The summed E-state index contributed by atoms with van der Waals surface area (Å²) >= 11 is 0. The van der Waals surface area contributed by atoms with Gasteiger partial charge in [-0.05, 0) is 37.1 Å². The molecule has 0 saturated heterocycles. The second-order valence-corrected chi connectivity index (χ2v) is 4.04. The standard InChI is InChI=1S/C8H11NO3S.Na/c1-6-3-7(2)5-8(4-6)9-13(10,11)12;/h3-5,9H,1-2H3,(H,10,11,12);/q;+1/p-1. The van der Waals surface area contributed by atoms with E-state index in [1.807, 2.05) is 24.6 Å². The molecule has 0 amide bonds. The zero-order chi connectivity index (χ0) is 10.1. The van der Waals surface area contributed by atoms with Crippen molar-refractivity contribution in [3.8, 4) is 0 Å². The van der Waals surface area contributed by atoms with Crippen molar-refractivity contribution in [1.29, 1.82) is 0 Å². The van der Waals surface area contributed by atoms with Gasteiger partial charge in [0.15, 0.2) is 10.3 Å². The monoisotopic (exact) mass is 223 g/mol. The van der Waals surface area contributed by atoms with Crippen LogP contribution in [0.3, 0.4) is 0 Å². The fraction of sp³-hybridized carbons (Fsp3) is 0.250. The van der Waals surface area contributed by atoms with Gasteiger partial charge in [-0.15, -0.1) is 0 Å². The van der Waals surface area contributed by atoms with Crippen LogP contribution in [0.5, 0.6) is 0 Å². The fourth-order valence-corrected chi connectivity index (χ4v) is 1.58. The summed E-state index contributed by atoms with van der Waals surface area (Å²) in [5.74, 6) is 0. The molecule has 6 heteroatoms. The maximum absolute atomic E-state index is 10.4. The summed E-state index contributed by atoms with van der Waals surface area (Å²) in [6, 6.07) is 5.09. The smallest absolute Gasteiger partial charge is 0.731 e. The van der Waals surface area contributed by atoms with Gasteiger partial charge in [0.2, 0.25) is 0 Å². The molecule has 0 saturated carbocycles. The molecule has 4 nitrogen and oxygen atoms in total. The van der Waals surface area contributed by atoms with Crippen molar-refractivity contribution in [3.05, 3.63) is 29.3 Å². The number of nitrogens with one attached hydrogen (secondary N) is 1. The minimum Gasteiger partial charge on any atom is -0.731 e. The SMILES string of the molecule is Cc1cc(C)cc(NS(=O)(=O)[O-])c1.[Na+]. The van der Waals surface area contributed by atoms with Crippen molar-refractivity contribution in [2.75, 3.05) is 4.72 Å². The van der Waals surface area contributed by atoms with E-state index in [-0.39, 0.29) is 29.6 Å². The number of benzene rings is 1. The summed E-state index contributed by atoms with van der Waals surface area (Å²) in [5.41, 5.74) is 2.13. The Labute approximate surface area is 106 Å². The topological polar surface area (TPSA) is 69.2 Å². The number of aryl methyl sites for hydroxylation is 2. The van der Waals surface area contributed by atoms with Gasteiger partial charge in [-0.1, -0.05) is 6.07 Å². The number of hydrogen-bond donors (Lipinski definition) is 1. The molecule has 14 heavy (non-hydrogen) atoms. The number of rotatable bonds is 2. The van der Waals surface area contributed by atoms with Crippen molar-refractivity contribution >= 4 is 16.0 Å². The Bertz CT molecular complexity index is 396. The van der Waals surface area contributed by atoms with Crippen LogP contribution >= 0.6 is 0 Å². The molecule has 0 bridgehead atoms. The molecule has 1 N–H and O–H groups in total. The van der Waals surface area contributed by atoms with Crippen molar-refractivity contribution in [1.82, 2.24) is 0 Å². The van der Waals surface area contributed by atoms with Gasteiger partial charge in [-0.25, -0.2) is 8.42 Å². The zero-order valence-electron chi connectivity index (χ0n) is 8.37. The molecule has 72 valence electrons. The fourth-order valence-electron chi connectivity index (χ4n) is 1.18. The minimum absolute atomic E-state index is 0. The molecular weight excluding hydrogens is 213 g/mol. The Balaban J connectivity index is 0.00000169. The van der Waals surface area contributed by atoms with Gasteiger partial charge in [-0.2, -0.15) is 0 Å². The molecule has 0 aliphatic rings. The van der Waals surface area contributed by atoms with Crippen LogP contribution in [0.2, 0.25) is 0 Å². The molecule has 1 rings (SSSR count). The van der Waals surface area contributed by atoms with Gasteiger partial charge in [-0.3, -0.25) is 4.72 Å². The van der Waals surface area contributed by atoms with Gasteiger partial charge in [0, 0.05) is 5.69 Å². The molecule has 0 fully saturated rings. The minimum atomic E-state index is -4.41. The first-order chi connectivity index (χ1) is 5.87. The first-order valence-electron chi connectivity index (χ1n) is 3.69. The van der Waals surface area contributed by atoms with Crippen LogP contribution in [0, 0.1) is 13.8 Å². The van der Waals surface area contributed by atoms with E-state index in [0.717, 1.165) is 11.1 Å². The van der Waals surface area contributed by atoms with E-state index in [0.29, 0.717) is 5.69 Å².